The molecule has 1 aliphatic rings. The fourth-order valence-electron chi connectivity index (χ4n) is 4.07. The summed E-state index contributed by atoms with van der Waals surface area (Å²) in [5, 5.41) is 2.85. The number of thiophene rings is 1. The maximum atomic E-state index is 13.0. The predicted molar refractivity (Wildman–Crippen MR) is 124 cm³/mol. The Kier molecular flexibility index (Phi) is 6.24. The van der Waals surface area contributed by atoms with Crippen LogP contribution in [0.15, 0.2) is 54.6 Å². The predicted octanol–water partition coefficient (Wildman–Crippen LogP) is 4.26. The Morgan fingerprint density at radius 3 is 2.44 bits per heavy atom. The number of benzene rings is 2. The van der Waals surface area contributed by atoms with Crippen LogP contribution in [0.25, 0.3) is 0 Å². The highest BCUT2D eigenvalue weighted by atomic mass is 32.1. The first kappa shape index (κ1) is 22.0. The quantitative estimate of drug-likeness (QED) is 0.525. The van der Waals surface area contributed by atoms with Crippen LogP contribution >= 0.6 is 11.3 Å². The molecule has 2 aromatic carbocycles. The van der Waals surface area contributed by atoms with Crippen molar-refractivity contribution in [1.82, 2.24) is 5.32 Å². The summed E-state index contributed by atoms with van der Waals surface area (Å²) in [6.45, 7) is 3.88. The van der Waals surface area contributed by atoms with E-state index in [0.29, 0.717) is 41.4 Å². The second-order valence-corrected chi connectivity index (χ2v) is 9.26. The van der Waals surface area contributed by atoms with E-state index in [-0.39, 0.29) is 5.78 Å². The first-order chi connectivity index (χ1) is 15.4. The molecule has 6 heteroatoms. The third-order valence-electron chi connectivity index (χ3n) is 5.62. The zero-order valence-corrected chi connectivity index (χ0v) is 18.9. The highest BCUT2D eigenvalue weighted by molar-refractivity contribution is 7.16. The van der Waals surface area contributed by atoms with Crippen molar-refractivity contribution in [2.45, 2.75) is 38.6 Å². The molecule has 0 atom stereocenters. The monoisotopic (exact) mass is 446 g/mol. The van der Waals surface area contributed by atoms with Crippen LogP contribution in [0.5, 0.6) is 5.75 Å². The number of hydrogen-bond donors (Lipinski definition) is 1. The van der Waals surface area contributed by atoms with E-state index in [1.54, 1.807) is 6.07 Å². The van der Waals surface area contributed by atoms with Crippen molar-refractivity contribution in [3.63, 3.8) is 0 Å². The summed E-state index contributed by atoms with van der Waals surface area (Å²) in [7, 11) is 0. The number of nitrogens with one attached hydrogen (secondary N) is 1. The van der Waals surface area contributed by atoms with Gasteiger partial charge < -0.3 is 10.1 Å². The van der Waals surface area contributed by atoms with Crippen molar-refractivity contribution in [2.24, 2.45) is 0 Å². The van der Waals surface area contributed by atoms with Crippen molar-refractivity contribution >= 4 is 29.3 Å². The topological polar surface area (TPSA) is 72.5 Å². The summed E-state index contributed by atoms with van der Waals surface area (Å²) in [4.78, 5) is 37.7. The van der Waals surface area contributed by atoms with E-state index in [1.165, 1.54) is 12.5 Å². The van der Waals surface area contributed by atoms with Crippen LogP contribution in [-0.2, 0) is 24.1 Å². The molecule has 0 saturated carbocycles. The zero-order chi connectivity index (χ0) is 22.7. The molecule has 1 aromatic heterocycles. The molecular weight excluding hydrogens is 422 g/mol. The van der Waals surface area contributed by atoms with E-state index in [9.17, 15) is 14.4 Å². The number of carbonyl (C=O) groups is 2. The van der Waals surface area contributed by atoms with Crippen LogP contribution in [0.3, 0.4) is 0 Å². The Balaban J connectivity index is 1.47. The van der Waals surface area contributed by atoms with Crippen molar-refractivity contribution in [3.05, 3.63) is 86.6 Å². The van der Waals surface area contributed by atoms with Crippen molar-refractivity contribution in [2.75, 3.05) is 6.61 Å². The van der Waals surface area contributed by atoms with Crippen LogP contribution in [0.2, 0.25) is 0 Å². The van der Waals surface area contributed by atoms with Crippen molar-refractivity contribution in [3.8, 4) is 5.75 Å². The molecule has 1 amide bonds. The Labute approximate surface area is 191 Å². The highest BCUT2D eigenvalue weighted by Crippen LogP contribution is 2.32. The Bertz CT molecular complexity index is 1160. The minimum Gasteiger partial charge on any atom is -0.492 e. The first-order valence-electron chi connectivity index (χ1n) is 10.5. The summed E-state index contributed by atoms with van der Waals surface area (Å²) in [5.74, 6) is -0.161. The molecule has 0 aliphatic heterocycles. The van der Waals surface area contributed by atoms with Crippen LogP contribution in [-0.4, -0.2) is 30.1 Å². The average Bonchev–Trinajstić information content (AvgIpc) is 3.36. The van der Waals surface area contributed by atoms with E-state index in [2.05, 4.69) is 17.7 Å². The molecule has 32 heavy (non-hydrogen) atoms. The normalized spacial score (nSPS) is 13.9. The van der Waals surface area contributed by atoms with Gasteiger partial charge in [-0.25, -0.2) is 0 Å². The van der Waals surface area contributed by atoms with Gasteiger partial charge in [0.05, 0.1) is 11.5 Å². The van der Waals surface area contributed by atoms with E-state index in [4.69, 9.17) is 4.74 Å². The minimum atomic E-state index is -1.09. The molecule has 0 spiro atoms. The lowest BCUT2D eigenvalue weighted by molar-refractivity contribution is 0.0927. The van der Waals surface area contributed by atoms with E-state index < -0.39 is 11.4 Å². The molecular formula is C26H24NO4S. The van der Waals surface area contributed by atoms with Gasteiger partial charge in [-0.1, -0.05) is 54.1 Å². The number of ketones is 1. The molecule has 1 radical (unpaired) electrons. The second-order valence-electron chi connectivity index (χ2n) is 8.21. The van der Waals surface area contributed by atoms with E-state index in [1.807, 2.05) is 49.4 Å². The number of aryl methyl sites for hydroxylation is 1. The molecule has 1 aliphatic carbocycles. The standard InChI is InChI=1S/C26H24NO4S/c1-17-6-5-7-19(12-17)10-11-31-22-13-23(32-24(22)18(2)29)25(30)27-26(16-28)14-20-8-3-4-9-21(20)15-26/h3-9,12-13H,10-11,14-15H2,1-2H3,(H,27,30). The molecule has 0 unspecified atom stereocenters. The molecule has 1 N–H and O–H groups in total. The van der Waals surface area contributed by atoms with Crippen molar-refractivity contribution < 1.29 is 19.1 Å². The van der Waals surface area contributed by atoms with Gasteiger partial charge in [0.15, 0.2) is 5.78 Å². The van der Waals surface area contributed by atoms with Crippen LogP contribution in [0.4, 0.5) is 0 Å². The molecule has 3 aromatic rings. The number of ether oxygens (including phenoxy) is 1. The fraction of sp³-hybridized carbons (Fsp3) is 0.269. The van der Waals surface area contributed by atoms with Gasteiger partial charge in [0.1, 0.15) is 16.2 Å². The number of fused-ring (bicyclic) bond motifs is 1. The molecule has 5 nitrogen and oxygen atoms in total. The Morgan fingerprint density at radius 2 is 1.81 bits per heavy atom. The van der Waals surface area contributed by atoms with Crippen LogP contribution in [0.1, 0.15) is 48.5 Å². The Hall–Kier alpha value is -3.25. The number of amides is 1. The number of hydrogen-bond acceptors (Lipinski definition) is 5. The summed E-state index contributed by atoms with van der Waals surface area (Å²) in [5.41, 5.74) is 3.30. The third-order valence-corrected chi connectivity index (χ3v) is 6.84. The van der Waals surface area contributed by atoms with Gasteiger partial charge in [-0.05, 0) is 23.6 Å². The maximum absolute atomic E-state index is 13.0. The molecule has 0 bridgehead atoms. The van der Waals surface area contributed by atoms with Crippen LogP contribution < -0.4 is 10.1 Å². The van der Waals surface area contributed by atoms with Gasteiger partial charge >= 0.3 is 0 Å². The lowest BCUT2D eigenvalue weighted by Gasteiger charge is -2.22. The average molecular weight is 447 g/mol. The zero-order valence-electron chi connectivity index (χ0n) is 18.1. The molecule has 163 valence electrons. The first-order valence-corrected chi connectivity index (χ1v) is 11.3. The van der Waals surface area contributed by atoms with Gasteiger partial charge in [-0.15, -0.1) is 11.3 Å². The smallest absolute Gasteiger partial charge is 0.262 e. The summed E-state index contributed by atoms with van der Waals surface area (Å²) in [6, 6.07) is 17.5. The van der Waals surface area contributed by atoms with Crippen LogP contribution in [0, 0.1) is 6.92 Å². The van der Waals surface area contributed by atoms with Gasteiger partial charge in [0, 0.05) is 32.3 Å². The van der Waals surface area contributed by atoms with E-state index in [0.717, 1.165) is 28.0 Å². The number of rotatable bonds is 8. The highest BCUT2D eigenvalue weighted by Gasteiger charge is 2.40. The third kappa shape index (κ3) is 4.65. The number of Topliss-reactive ketones (excluding diaryl/α,β-unsaturated/α-hetero) is 1. The van der Waals surface area contributed by atoms with Gasteiger partial charge in [-0.2, -0.15) is 0 Å². The summed E-state index contributed by atoms with van der Waals surface area (Å²) in [6.07, 6.45) is 3.55. The molecule has 4 rings (SSSR count). The Morgan fingerprint density at radius 1 is 1.09 bits per heavy atom. The molecule has 1 heterocycles. The molecule has 0 fully saturated rings. The van der Waals surface area contributed by atoms with Gasteiger partial charge in [-0.3, -0.25) is 14.4 Å². The molecule has 0 saturated heterocycles. The van der Waals surface area contributed by atoms with Gasteiger partial charge in [0.25, 0.3) is 5.91 Å². The van der Waals surface area contributed by atoms with Crippen molar-refractivity contribution in [1.29, 1.82) is 0 Å². The largest absolute Gasteiger partial charge is 0.492 e. The SMILES string of the molecule is CC(=O)c1sc(C(=O)NC2([C]=O)Cc3ccccc3C2)cc1OCCc1cccc(C)c1. The second kappa shape index (κ2) is 9.09. The summed E-state index contributed by atoms with van der Waals surface area (Å²) >= 11 is 1.08. The maximum Gasteiger partial charge on any atom is 0.262 e. The lowest BCUT2D eigenvalue weighted by atomic mass is 9.97. The minimum absolute atomic E-state index is 0.162. The summed E-state index contributed by atoms with van der Waals surface area (Å²) < 4.78 is 5.88. The fourth-order valence-corrected chi connectivity index (χ4v) is 4.96. The van der Waals surface area contributed by atoms with Gasteiger partial charge in [0.2, 0.25) is 6.29 Å². The lowest BCUT2D eigenvalue weighted by Crippen LogP contribution is -2.50. The van der Waals surface area contributed by atoms with E-state index >= 15 is 0 Å². The number of carbonyl (C=O) groups excluding carboxylic acids is 3.